The monoisotopic (exact) mass is 338 g/mol. The predicted octanol–water partition coefficient (Wildman–Crippen LogP) is 2.54. The molecule has 1 aliphatic rings. The van der Waals surface area contributed by atoms with E-state index in [9.17, 15) is 13.2 Å². The van der Waals surface area contributed by atoms with Crippen molar-refractivity contribution in [1.29, 1.82) is 0 Å². The van der Waals surface area contributed by atoms with Crippen LogP contribution in [0.1, 0.15) is 33.6 Å². The lowest BCUT2D eigenvalue weighted by atomic mass is 10.1. The van der Waals surface area contributed by atoms with Crippen LogP contribution in [0.15, 0.2) is 29.2 Å². The Morgan fingerprint density at radius 3 is 2.26 bits per heavy atom. The lowest BCUT2D eigenvalue weighted by Gasteiger charge is -2.32. The molecule has 1 amide bonds. The summed E-state index contributed by atoms with van der Waals surface area (Å²) in [5, 5.41) is 2.34. The number of sulfone groups is 1. The van der Waals surface area contributed by atoms with E-state index in [1.807, 2.05) is 0 Å². The molecule has 0 aliphatic carbocycles. The molecule has 5 nitrogen and oxygen atoms in total. The summed E-state index contributed by atoms with van der Waals surface area (Å²) in [6, 6.07) is 6.45. The summed E-state index contributed by atoms with van der Waals surface area (Å²) in [6.45, 7) is 8.49. The van der Waals surface area contributed by atoms with Crippen LogP contribution in [0.5, 0.6) is 0 Å². The second-order valence-corrected chi connectivity index (χ2v) is 8.87. The minimum atomic E-state index is -3.30. The molecule has 23 heavy (non-hydrogen) atoms. The molecule has 6 heteroatoms. The van der Waals surface area contributed by atoms with Gasteiger partial charge in [-0.2, -0.15) is 0 Å². The molecule has 0 bridgehead atoms. The quantitative estimate of drug-likeness (QED) is 0.896. The highest BCUT2D eigenvalue weighted by Crippen LogP contribution is 2.26. The van der Waals surface area contributed by atoms with E-state index < -0.39 is 9.84 Å². The van der Waals surface area contributed by atoms with Crippen molar-refractivity contribution in [3.63, 3.8) is 0 Å². The maximum atomic E-state index is 12.7. The van der Waals surface area contributed by atoms with Crippen LogP contribution in [-0.2, 0) is 14.6 Å². The first-order chi connectivity index (χ1) is 10.8. The molecule has 1 saturated heterocycles. The van der Waals surface area contributed by atoms with Crippen LogP contribution in [0.4, 0.5) is 5.69 Å². The minimum absolute atomic E-state index is 0.168. The molecule has 0 aromatic heterocycles. The van der Waals surface area contributed by atoms with Gasteiger partial charge in [-0.3, -0.25) is 4.79 Å². The van der Waals surface area contributed by atoms with Crippen molar-refractivity contribution in [3.05, 3.63) is 24.3 Å². The number of carbonyl (C=O) groups excluding carboxylic acids is 1. The van der Waals surface area contributed by atoms with Crippen molar-refractivity contribution in [2.75, 3.05) is 25.0 Å². The van der Waals surface area contributed by atoms with Crippen molar-refractivity contribution in [2.24, 2.45) is 5.92 Å². The van der Waals surface area contributed by atoms with Gasteiger partial charge in [-0.15, -0.1) is 0 Å². The minimum Gasteiger partial charge on any atom is -0.326 e. The maximum Gasteiger partial charge on any atom is 0.221 e. The number of nitrogens with one attached hydrogen (secondary N) is 1. The van der Waals surface area contributed by atoms with E-state index in [-0.39, 0.29) is 11.2 Å². The molecule has 1 fully saturated rings. The molecular formula is C17H26N2O3S. The van der Waals surface area contributed by atoms with Crippen LogP contribution >= 0.6 is 0 Å². The van der Waals surface area contributed by atoms with Gasteiger partial charge in [-0.1, -0.05) is 13.8 Å². The van der Waals surface area contributed by atoms with Gasteiger partial charge in [0.05, 0.1) is 10.1 Å². The van der Waals surface area contributed by atoms with Gasteiger partial charge in [0, 0.05) is 19.2 Å². The number of likely N-dealkylation sites (tertiary alicyclic amines) is 1. The summed E-state index contributed by atoms with van der Waals surface area (Å²) in [5.74, 6) is 0.433. The van der Waals surface area contributed by atoms with E-state index in [2.05, 4.69) is 24.1 Å². The fourth-order valence-corrected chi connectivity index (χ4v) is 4.77. The molecule has 0 unspecified atom stereocenters. The van der Waals surface area contributed by atoms with Crippen LogP contribution in [0.2, 0.25) is 0 Å². The number of rotatable bonds is 5. The molecule has 1 N–H and O–H groups in total. The van der Waals surface area contributed by atoms with Crippen molar-refractivity contribution >= 4 is 21.4 Å². The zero-order chi connectivity index (χ0) is 17.0. The zero-order valence-electron chi connectivity index (χ0n) is 14.1. The first-order valence-electron chi connectivity index (χ1n) is 8.13. The molecule has 0 spiro atoms. The van der Waals surface area contributed by atoms with Gasteiger partial charge in [0.15, 0.2) is 9.84 Å². The third-order valence-corrected chi connectivity index (χ3v) is 6.38. The molecule has 1 aromatic carbocycles. The van der Waals surface area contributed by atoms with Gasteiger partial charge in [0.25, 0.3) is 0 Å². The van der Waals surface area contributed by atoms with Crippen molar-refractivity contribution < 1.29 is 13.2 Å². The molecule has 1 heterocycles. The molecule has 1 aromatic rings. The first-order valence-corrected chi connectivity index (χ1v) is 9.67. The number of benzene rings is 1. The lowest BCUT2D eigenvalue weighted by molar-refractivity contribution is -0.114. The lowest BCUT2D eigenvalue weighted by Crippen LogP contribution is -2.40. The number of piperidine rings is 1. The molecule has 0 radical (unpaired) electrons. The van der Waals surface area contributed by atoms with Crippen LogP contribution in [0.25, 0.3) is 0 Å². The molecule has 1 aliphatic heterocycles. The Hall–Kier alpha value is -1.40. The highest BCUT2D eigenvalue weighted by Gasteiger charge is 2.31. The second kappa shape index (κ2) is 7.45. The van der Waals surface area contributed by atoms with Crippen molar-refractivity contribution in [1.82, 2.24) is 4.90 Å². The Balaban J connectivity index is 2.03. The second-order valence-electron chi connectivity index (χ2n) is 6.64. The summed E-state index contributed by atoms with van der Waals surface area (Å²) >= 11 is 0. The summed E-state index contributed by atoms with van der Waals surface area (Å²) in [5.41, 5.74) is 0.614. The Kier molecular flexibility index (Phi) is 5.81. The fourth-order valence-electron chi connectivity index (χ4n) is 3.04. The first kappa shape index (κ1) is 17.9. The average Bonchev–Trinajstić information content (AvgIpc) is 2.47. The van der Waals surface area contributed by atoms with E-state index in [1.165, 1.54) is 6.92 Å². The Labute approximate surface area is 139 Å². The van der Waals surface area contributed by atoms with Crippen LogP contribution in [0, 0.1) is 5.92 Å². The Morgan fingerprint density at radius 2 is 1.78 bits per heavy atom. The van der Waals surface area contributed by atoms with Crippen molar-refractivity contribution in [2.45, 2.75) is 43.8 Å². The number of amides is 1. The Bertz CT molecular complexity index is 630. The van der Waals surface area contributed by atoms with Gasteiger partial charge in [-0.05, 0) is 56.1 Å². The zero-order valence-corrected chi connectivity index (χ0v) is 14.9. The molecule has 0 atom stereocenters. The highest BCUT2D eigenvalue weighted by molar-refractivity contribution is 7.92. The molecular weight excluding hydrogens is 312 g/mol. The summed E-state index contributed by atoms with van der Waals surface area (Å²) in [6.07, 6.45) is 1.37. The van der Waals surface area contributed by atoms with Crippen molar-refractivity contribution in [3.8, 4) is 0 Å². The SMILES string of the molecule is CC(=O)Nc1ccc(S(=O)(=O)C2CCN(CC(C)C)CC2)cc1. The smallest absolute Gasteiger partial charge is 0.221 e. The van der Waals surface area contributed by atoms with Crippen LogP contribution < -0.4 is 5.32 Å². The van der Waals surface area contributed by atoms with Gasteiger partial charge in [0.2, 0.25) is 5.91 Å². The van der Waals surface area contributed by atoms with E-state index in [4.69, 9.17) is 0 Å². The molecule has 128 valence electrons. The van der Waals surface area contributed by atoms with E-state index in [0.29, 0.717) is 29.3 Å². The van der Waals surface area contributed by atoms with E-state index in [0.717, 1.165) is 19.6 Å². The predicted molar refractivity (Wildman–Crippen MR) is 92.2 cm³/mol. The van der Waals surface area contributed by atoms with E-state index >= 15 is 0 Å². The Morgan fingerprint density at radius 1 is 1.22 bits per heavy atom. The number of anilines is 1. The summed E-state index contributed by atoms with van der Waals surface area (Å²) in [7, 11) is -3.30. The number of carbonyl (C=O) groups is 1. The largest absolute Gasteiger partial charge is 0.326 e. The van der Waals surface area contributed by atoms with Gasteiger partial charge in [-0.25, -0.2) is 8.42 Å². The summed E-state index contributed by atoms with van der Waals surface area (Å²) < 4.78 is 25.5. The van der Waals surface area contributed by atoms with Crippen LogP contribution in [-0.4, -0.2) is 44.1 Å². The van der Waals surface area contributed by atoms with Gasteiger partial charge < -0.3 is 10.2 Å². The number of hydrogen-bond acceptors (Lipinski definition) is 4. The molecule has 0 saturated carbocycles. The van der Waals surface area contributed by atoms with Gasteiger partial charge in [0.1, 0.15) is 0 Å². The molecule has 2 rings (SSSR count). The average molecular weight is 338 g/mol. The standard InChI is InChI=1S/C17H26N2O3S/c1-13(2)12-19-10-8-17(9-11-19)23(21,22)16-6-4-15(5-7-16)18-14(3)20/h4-7,13,17H,8-12H2,1-3H3,(H,18,20). The summed E-state index contributed by atoms with van der Waals surface area (Å²) in [4.78, 5) is 13.7. The van der Waals surface area contributed by atoms with E-state index in [1.54, 1.807) is 24.3 Å². The highest BCUT2D eigenvalue weighted by atomic mass is 32.2. The maximum absolute atomic E-state index is 12.7. The number of nitrogens with zero attached hydrogens (tertiary/aromatic N) is 1. The third-order valence-electron chi connectivity index (χ3n) is 4.10. The fraction of sp³-hybridized carbons (Fsp3) is 0.588. The third kappa shape index (κ3) is 4.78. The topological polar surface area (TPSA) is 66.5 Å². The normalized spacial score (nSPS) is 17.4. The van der Waals surface area contributed by atoms with Gasteiger partial charge >= 0.3 is 0 Å². The van der Waals surface area contributed by atoms with Crippen LogP contribution in [0.3, 0.4) is 0 Å². The number of hydrogen-bond donors (Lipinski definition) is 1.